The molecule has 0 aliphatic rings. The molecule has 4 heteroatoms. The third-order valence-electron chi connectivity index (χ3n) is 13.0. The van der Waals surface area contributed by atoms with Crippen LogP contribution in [0.5, 0.6) is 0 Å². The molecular weight excluding hydrogens is 733 g/mol. The Kier molecular flexibility index (Phi) is 8.15. The number of para-hydroxylation sites is 2. The van der Waals surface area contributed by atoms with Gasteiger partial charge in [0, 0.05) is 55.7 Å². The van der Waals surface area contributed by atoms with Gasteiger partial charge in [-0.15, -0.1) is 0 Å². The zero-order chi connectivity index (χ0) is 40.8. The van der Waals surface area contributed by atoms with Gasteiger partial charge in [0.05, 0.1) is 0 Å². The predicted octanol–water partition coefficient (Wildman–Crippen LogP) is 16.6. The number of anilines is 6. The van der Waals surface area contributed by atoms with Gasteiger partial charge in [-0.2, -0.15) is 0 Å². The van der Waals surface area contributed by atoms with Crippen LogP contribution in [0.4, 0.5) is 34.1 Å². The Morgan fingerprint density at radius 2 is 0.683 bits per heavy atom. The summed E-state index contributed by atoms with van der Waals surface area (Å²) in [6, 6.07) is 56.9. The van der Waals surface area contributed by atoms with E-state index in [4.69, 9.17) is 8.83 Å². The predicted molar refractivity (Wildman–Crippen MR) is 254 cm³/mol. The van der Waals surface area contributed by atoms with Gasteiger partial charge in [-0.3, -0.25) is 0 Å². The maximum Gasteiger partial charge on any atom is 0.136 e. The van der Waals surface area contributed by atoms with E-state index < -0.39 is 0 Å². The molecule has 9 aromatic carbocycles. The Morgan fingerprint density at radius 1 is 0.300 bits per heavy atom. The van der Waals surface area contributed by atoms with Crippen molar-refractivity contribution < 1.29 is 8.83 Å². The highest BCUT2D eigenvalue weighted by atomic mass is 16.3. The van der Waals surface area contributed by atoms with E-state index in [1.165, 1.54) is 44.8 Å². The topological polar surface area (TPSA) is 32.8 Å². The summed E-state index contributed by atoms with van der Waals surface area (Å²) in [5.41, 5.74) is 18.0. The van der Waals surface area contributed by atoms with E-state index in [1.54, 1.807) is 0 Å². The second-order valence-electron chi connectivity index (χ2n) is 16.5. The fraction of sp³-hybridized carbons (Fsp3) is 0.107. The number of rotatable bonds is 6. The van der Waals surface area contributed by atoms with Crippen LogP contribution in [0, 0.1) is 41.5 Å². The molecule has 0 amide bonds. The minimum atomic E-state index is 0.852. The van der Waals surface area contributed by atoms with Crippen molar-refractivity contribution in [1.29, 1.82) is 0 Å². The van der Waals surface area contributed by atoms with Crippen molar-refractivity contribution in [2.75, 3.05) is 9.80 Å². The Labute approximate surface area is 349 Å². The molecule has 0 bridgehead atoms. The molecule has 0 N–H and O–H groups in total. The number of benzene rings is 9. The zero-order valence-electron chi connectivity index (χ0n) is 34.7. The lowest BCUT2D eigenvalue weighted by molar-refractivity contribution is 0.664. The van der Waals surface area contributed by atoms with Crippen molar-refractivity contribution in [3.05, 3.63) is 191 Å². The molecule has 60 heavy (non-hydrogen) atoms. The van der Waals surface area contributed by atoms with Crippen LogP contribution in [0.3, 0.4) is 0 Å². The molecule has 0 spiro atoms. The van der Waals surface area contributed by atoms with Crippen LogP contribution < -0.4 is 9.80 Å². The van der Waals surface area contributed by atoms with Crippen molar-refractivity contribution in [2.24, 2.45) is 0 Å². The van der Waals surface area contributed by atoms with Crippen LogP contribution in [-0.4, -0.2) is 0 Å². The lowest BCUT2D eigenvalue weighted by Crippen LogP contribution is -2.12. The third kappa shape index (κ3) is 5.66. The first-order valence-electron chi connectivity index (χ1n) is 20.7. The number of hydrogen-bond donors (Lipinski definition) is 0. The van der Waals surface area contributed by atoms with Crippen LogP contribution in [0.2, 0.25) is 0 Å². The molecule has 0 fully saturated rings. The van der Waals surface area contributed by atoms with Gasteiger partial charge in [0.15, 0.2) is 0 Å². The lowest BCUT2D eigenvalue weighted by atomic mass is 10.00. The van der Waals surface area contributed by atoms with Gasteiger partial charge in [-0.25, -0.2) is 0 Å². The number of nitrogens with zero attached hydrogens (tertiary/aromatic N) is 2. The van der Waals surface area contributed by atoms with Gasteiger partial charge in [-0.1, -0.05) is 60.7 Å². The minimum Gasteiger partial charge on any atom is -0.456 e. The first-order chi connectivity index (χ1) is 29.2. The van der Waals surface area contributed by atoms with E-state index in [-0.39, 0.29) is 0 Å². The minimum absolute atomic E-state index is 0.852. The van der Waals surface area contributed by atoms with E-state index in [1.807, 2.05) is 0 Å². The lowest BCUT2D eigenvalue weighted by Gasteiger charge is -2.28. The standard InChI is InChI=1S/C56H44N2O2/c1-33-17-23-51(37(5)35(33)3)57(43-13-9-7-10-14-43)45-21-19-39-27-47-49-31-56-50(32-55(49)59-53(47)29-41(39)25-45)48-28-40-20-22-46(26-42(40)30-54(48)60-56)58(44-15-11-8-12-16-44)52-24-18-34(2)36(4)38(52)6/h7-32H,1-6H3. The molecule has 2 heterocycles. The van der Waals surface area contributed by atoms with Crippen LogP contribution in [0.15, 0.2) is 167 Å². The average Bonchev–Trinajstić information content (AvgIpc) is 3.80. The molecular formula is C56H44N2O2. The van der Waals surface area contributed by atoms with Crippen LogP contribution >= 0.6 is 0 Å². The fourth-order valence-electron chi connectivity index (χ4n) is 9.16. The molecule has 0 saturated heterocycles. The van der Waals surface area contributed by atoms with Crippen molar-refractivity contribution in [2.45, 2.75) is 41.5 Å². The maximum absolute atomic E-state index is 6.68. The number of fused-ring (bicyclic) bond motifs is 8. The quantitative estimate of drug-likeness (QED) is 0.168. The van der Waals surface area contributed by atoms with E-state index in [9.17, 15) is 0 Å². The fourth-order valence-corrected chi connectivity index (χ4v) is 9.16. The summed E-state index contributed by atoms with van der Waals surface area (Å²) >= 11 is 0. The molecule has 11 aromatic rings. The Balaban J connectivity index is 1.01. The number of aryl methyl sites for hydroxylation is 2. The number of hydrogen-bond acceptors (Lipinski definition) is 4. The highest BCUT2D eigenvalue weighted by Gasteiger charge is 2.20. The molecule has 0 radical (unpaired) electrons. The molecule has 0 unspecified atom stereocenters. The molecule has 290 valence electrons. The van der Waals surface area contributed by atoms with Crippen LogP contribution in [0.25, 0.3) is 65.4 Å². The van der Waals surface area contributed by atoms with Crippen molar-refractivity contribution >= 4 is 99.5 Å². The van der Waals surface area contributed by atoms with Gasteiger partial charge in [0.2, 0.25) is 0 Å². The third-order valence-corrected chi connectivity index (χ3v) is 13.0. The normalized spacial score (nSPS) is 11.8. The Morgan fingerprint density at radius 3 is 1.10 bits per heavy atom. The summed E-state index contributed by atoms with van der Waals surface area (Å²) in [5, 5.41) is 8.82. The van der Waals surface area contributed by atoms with E-state index in [0.717, 1.165) is 88.2 Å². The molecule has 0 aliphatic heterocycles. The first-order valence-corrected chi connectivity index (χ1v) is 20.7. The second kappa shape index (κ2) is 13.6. The summed E-state index contributed by atoms with van der Waals surface area (Å²) in [7, 11) is 0. The van der Waals surface area contributed by atoms with Crippen LogP contribution in [-0.2, 0) is 0 Å². The zero-order valence-corrected chi connectivity index (χ0v) is 34.7. The highest BCUT2D eigenvalue weighted by molar-refractivity contribution is 6.18. The second-order valence-corrected chi connectivity index (χ2v) is 16.5. The van der Waals surface area contributed by atoms with Gasteiger partial charge in [0.25, 0.3) is 0 Å². The van der Waals surface area contributed by atoms with Crippen molar-refractivity contribution in [3.63, 3.8) is 0 Å². The summed E-state index contributed by atoms with van der Waals surface area (Å²) in [5.74, 6) is 0. The molecule has 4 nitrogen and oxygen atoms in total. The monoisotopic (exact) mass is 776 g/mol. The summed E-state index contributed by atoms with van der Waals surface area (Å²) in [6.45, 7) is 13.2. The molecule has 11 rings (SSSR count). The van der Waals surface area contributed by atoms with Gasteiger partial charge < -0.3 is 18.6 Å². The van der Waals surface area contributed by atoms with Crippen LogP contribution in [0.1, 0.15) is 33.4 Å². The molecule has 0 saturated carbocycles. The van der Waals surface area contributed by atoms with Crippen molar-refractivity contribution in [1.82, 2.24) is 0 Å². The molecule has 0 atom stereocenters. The Hall–Kier alpha value is -7.30. The van der Waals surface area contributed by atoms with Gasteiger partial charge in [0.1, 0.15) is 22.3 Å². The largest absolute Gasteiger partial charge is 0.456 e. The van der Waals surface area contributed by atoms with Gasteiger partial charge in [-0.05, 0) is 194 Å². The average molecular weight is 777 g/mol. The van der Waals surface area contributed by atoms with E-state index in [0.29, 0.717) is 0 Å². The van der Waals surface area contributed by atoms with E-state index in [2.05, 4.69) is 209 Å². The number of furan rings is 2. The summed E-state index contributed by atoms with van der Waals surface area (Å²) < 4.78 is 13.4. The molecule has 0 aliphatic carbocycles. The first kappa shape index (κ1) is 35.8. The Bertz CT molecular complexity index is 3270. The SMILES string of the molecule is Cc1ccc(N(c2ccccc2)c2ccc3cc4c(cc3c2)oc2cc3c(cc24)oc2cc4cc(N(c5ccccc5)c5ccc(C)c(C)c5C)ccc4cc23)c(C)c1C. The van der Waals surface area contributed by atoms with E-state index >= 15 is 0 Å². The smallest absolute Gasteiger partial charge is 0.136 e. The molecule has 2 aromatic heterocycles. The maximum atomic E-state index is 6.68. The summed E-state index contributed by atoms with van der Waals surface area (Å²) in [4.78, 5) is 4.72. The van der Waals surface area contributed by atoms with Gasteiger partial charge >= 0.3 is 0 Å². The van der Waals surface area contributed by atoms with Crippen molar-refractivity contribution in [3.8, 4) is 0 Å². The summed E-state index contributed by atoms with van der Waals surface area (Å²) in [6.07, 6.45) is 0. The highest BCUT2D eigenvalue weighted by Crippen LogP contribution is 2.44.